The van der Waals surface area contributed by atoms with Crippen LogP contribution in [0.1, 0.15) is 17.3 Å². The zero-order chi connectivity index (χ0) is 15.4. The number of nitrogens with one attached hydrogen (secondary N) is 1. The van der Waals surface area contributed by atoms with Crippen LogP contribution in [0.15, 0.2) is 30.5 Å². The maximum absolute atomic E-state index is 13.0. The van der Waals surface area contributed by atoms with Gasteiger partial charge in [-0.05, 0) is 31.2 Å². The number of nitrogens with two attached hydrogens (primary N) is 1. The van der Waals surface area contributed by atoms with E-state index in [0.717, 1.165) is 6.07 Å². The number of hydrogen-bond donors (Lipinski definition) is 2. The van der Waals surface area contributed by atoms with Crippen LogP contribution in [0, 0.1) is 5.82 Å². The minimum Gasteiger partial charge on any atom is -0.462 e. The standard InChI is InChI=1S/C14H13ClFN3O2/c1-2-21-14(20)9-5-6-18-13(12(9)17)19-11-4-3-8(16)7-10(11)15/h3-7H,2,17H2,1H3,(H,18,19). The third kappa shape index (κ3) is 3.41. The second-order valence-electron chi connectivity index (χ2n) is 4.09. The number of anilines is 3. The van der Waals surface area contributed by atoms with Crippen LogP contribution in [0.2, 0.25) is 5.02 Å². The quantitative estimate of drug-likeness (QED) is 0.847. The van der Waals surface area contributed by atoms with E-state index < -0.39 is 11.8 Å². The summed E-state index contributed by atoms with van der Waals surface area (Å²) in [7, 11) is 0. The molecule has 110 valence electrons. The zero-order valence-corrected chi connectivity index (χ0v) is 11.9. The van der Waals surface area contributed by atoms with Gasteiger partial charge in [-0.15, -0.1) is 0 Å². The van der Waals surface area contributed by atoms with E-state index in [0.29, 0.717) is 5.69 Å². The van der Waals surface area contributed by atoms with E-state index in [-0.39, 0.29) is 28.7 Å². The molecule has 0 amide bonds. The van der Waals surface area contributed by atoms with Crippen molar-refractivity contribution < 1.29 is 13.9 Å². The summed E-state index contributed by atoms with van der Waals surface area (Å²) in [4.78, 5) is 15.8. The second kappa shape index (κ2) is 6.41. The maximum atomic E-state index is 13.0. The summed E-state index contributed by atoms with van der Waals surface area (Å²) in [6.45, 7) is 1.94. The van der Waals surface area contributed by atoms with Crippen LogP contribution in [-0.4, -0.2) is 17.6 Å². The van der Waals surface area contributed by atoms with Gasteiger partial charge < -0.3 is 15.8 Å². The molecule has 0 aliphatic carbocycles. The lowest BCUT2D eigenvalue weighted by molar-refractivity contribution is 0.0527. The molecular formula is C14H13ClFN3O2. The van der Waals surface area contributed by atoms with E-state index in [1.165, 1.54) is 24.4 Å². The molecule has 0 fully saturated rings. The average molecular weight is 310 g/mol. The molecule has 0 saturated carbocycles. The lowest BCUT2D eigenvalue weighted by Gasteiger charge is -2.12. The Morgan fingerprint density at radius 2 is 2.24 bits per heavy atom. The molecule has 2 aromatic rings. The lowest BCUT2D eigenvalue weighted by atomic mass is 10.2. The monoisotopic (exact) mass is 309 g/mol. The summed E-state index contributed by atoms with van der Waals surface area (Å²) >= 11 is 5.92. The number of halogens is 2. The van der Waals surface area contributed by atoms with Gasteiger partial charge in [-0.3, -0.25) is 0 Å². The predicted octanol–water partition coefficient (Wildman–Crippen LogP) is 3.38. The van der Waals surface area contributed by atoms with Crippen LogP contribution in [0.5, 0.6) is 0 Å². The fourth-order valence-corrected chi connectivity index (χ4v) is 1.89. The number of carbonyl (C=O) groups is 1. The molecule has 0 spiro atoms. The Morgan fingerprint density at radius 1 is 1.48 bits per heavy atom. The maximum Gasteiger partial charge on any atom is 0.340 e. The van der Waals surface area contributed by atoms with Crippen LogP contribution in [0.25, 0.3) is 0 Å². The van der Waals surface area contributed by atoms with Gasteiger partial charge in [0.2, 0.25) is 0 Å². The van der Waals surface area contributed by atoms with Crippen molar-refractivity contribution in [1.29, 1.82) is 0 Å². The predicted molar refractivity (Wildman–Crippen MR) is 79.3 cm³/mol. The van der Waals surface area contributed by atoms with Gasteiger partial charge in [0.05, 0.1) is 28.6 Å². The Morgan fingerprint density at radius 3 is 2.90 bits per heavy atom. The fraction of sp³-hybridized carbons (Fsp3) is 0.143. The normalized spacial score (nSPS) is 10.2. The van der Waals surface area contributed by atoms with E-state index in [4.69, 9.17) is 22.1 Å². The van der Waals surface area contributed by atoms with Gasteiger partial charge in [0.15, 0.2) is 5.82 Å². The van der Waals surface area contributed by atoms with Gasteiger partial charge in [-0.1, -0.05) is 11.6 Å². The van der Waals surface area contributed by atoms with E-state index in [2.05, 4.69) is 10.3 Å². The van der Waals surface area contributed by atoms with E-state index >= 15 is 0 Å². The summed E-state index contributed by atoms with van der Waals surface area (Å²) in [5.41, 5.74) is 6.67. The highest BCUT2D eigenvalue weighted by atomic mass is 35.5. The van der Waals surface area contributed by atoms with Crippen molar-refractivity contribution >= 4 is 34.8 Å². The lowest BCUT2D eigenvalue weighted by Crippen LogP contribution is -2.10. The van der Waals surface area contributed by atoms with Crippen molar-refractivity contribution in [3.63, 3.8) is 0 Å². The third-order valence-corrected chi connectivity index (χ3v) is 2.98. The molecule has 0 bridgehead atoms. The number of ether oxygens (including phenoxy) is 1. The largest absolute Gasteiger partial charge is 0.462 e. The molecule has 21 heavy (non-hydrogen) atoms. The number of nitrogen functional groups attached to an aromatic ring is 1. The van der Waals surface area contributed by atoms with Gasteiger partial charge in [-0.2, -0.15) is 0 Å². The Balaban J connectivity index is 2.32. The fourth-order valence-electron chi connectivity index (χ4n) is 1.68. The molecular weight excluding hydrogens is 297 g/mol. The number of rotatable bonds is 4. The van der Waals surface area contributed by atoms with Crippen LogP contribution in [-0.2, 0) is 4.74 Å². The third-order valence-electron chi connectivity index (χ3n) is 2.67. The molecule has 1 aromatic heterocycles. The van der Waals surface area contributed by atoms with Gasteiger partial charge in [0, 0.05) is 6.20 Å². The summed E-state index contributed by atoms with van der Waals surface area (Å²) in [6.07, 6.45) is 1.42. The minimum absolute atomic E-state index is 0.136. The SMILES string of the molecule is CCOC(=O)c1ccnc(Nc2ccc(F)cc2Cl)c1N. The van der Waals surface area contributed by atoms with Crippen molar-refractivity contribution in [2.45, 2.75) is 6.92 Å². The number of nitrogens with zero attached hydrogens (tertiary/aromatic N) is 1. The van der Waals surface area contributed by atoms with Crippen molar-refractivity contribution in [2.75, 3.05) is 17.7 Å². The highest BCUT2D eigenvalue weighted by Crippen LogP contribution is 2.29. The molecule has 0 radical (unpaired) electrons. The topological polar surface area (TPSA) is 77.2 Å². The van der Waals surface area contributed by atoms with Crippen molar-refractivity contribution in [1.82, 2.24) is 4.98 Å². The van der Waals surface area contributed by atoms with Gasteiger partial charge in [-0.25, -0.2) is 14.2 Å². The van der Waals surface area contributed by atoms with Crippen LogP contribution < -0.4 is 11.1 Å². The highest BCUT2D eigenvalue weighted by Gasteiger charge is 2.15. The first-order valence-electron chi connectivity index (χ1n) is 6.16. The van der Waals surface area contributed by atoms with Crippen LogP contribution in [0.4, 0.5) is 21.6 Å². The molecule has 2 rings (SSSR count). The molecule has 1 aromatic carbocycles. The smallest absolute Gasteiger partial charge is 0.340 e. The first-order valence-corrected chi connectivity index (χ1v) is 6.54. The second-order valence-corrected chi connectivity index (χ2v) is 4.50. The first-order chi connectivity index (χ1) is 10.0. The number of esters is 1. The minimum atomic E-state index is -0.536. The van der Waals surface area contributed by atoms with E-state index in [1.54, 1.807) is 6.92 Å². The number of hydrogen-bond acceptors (Lipinski definition) is 5. The van der Waals surface area contributed by atoms with E-state index in [1.807, 2.05) is 0 Å². The first kappa shape index (κ1) is 15.1. The summed E-state index contributed by atoms with van der Waals surface area (Å²) < 4.78 is 17.9. The van der Waals surface area contributed by atoms with Crippen molar-refractivity contribution in [3.05, 3.63) is 46.9 Å². The number of carbonyl (C=O) groups excluding carboxylic acids is 1. The van der Waals surface area contributed by atoms with Gasteiger partial charge in [0.1, 0.15) is 5.82 Å². The Labute approximate surface area is 125 Å². The molecule has 5 nitrogen and oxygen atoms in total. The molecule has 0 aliphatic heterocycles. The average Bonchev–Trinajstić information content (AvgIpc) is 2.44. The molecule has 0 saturated heterocycles. The number of benzene rings is 1. The molecule has 0 unspecified atom stereocenters. The van der Waals surface area contributed by atoms with Crippen molar-refractivity contribution in [3.8, 4) is 0 Å². The molecule has 3 N–H and O–H groups in total. The summed E-state index contributed by atoms with van der Waals surface area (Å²) in [5, 5.41) is 3.04. The van der Waals surface area contributed by atoms with Gasteiger partial charge in [0.25, 0.3) is 0 Å². The molecule has 1 heterocycles. The van der Waals surface area contributed by atoms with E-state index in [9.17, 15) is 9.18 Å². The van der Waals surface area contributed by atoms with Gasteiger partial charge >= 0.3 is 5.97 Å². The van der Waals surface area contributed by atoms with Crippen molar-refractivity contribution in [2.24, 2.45) is 0 Å². The Hall–Kier alpha value is -2.34. The Kier molecular flexibility index (Phi) is 4.59. The van der Waals surface area contributed by atoms with Crippen LogP contribution in [0.3, 0.4) is 0 Å². The Bertz CT molecular complexity index is 679. The number of aromatic nitrogens is 1. The highest BCUT2D eigenvalue weighted by molar-refractivity contribution is 6.33. The summed E-state index contributed by atoms with van der Waals surface area (Å²) in [6, 6.07) is 5.33. The van der Waals surface area contributed by atoms with Crippen LogP contribution >= 0.6 is 11.6 Å². The molecule has 7 heteroatoms. The molecule has 0 atom stereocenters. The summed E-state index contributed by atoms with van der Waals surface area (Å²) in [5.74, 6) is -0.744. The molecule has 0 aliphatic rings. The number of pyridine rings is 1. The zero-order valence-electron chi connectivity index (χ0n) is 11.2.